The van der Waals surface area contributed by atoms with Crippen LogP contribution in [0.25, 0.3) is 11.2 Å². The zero-order valence-electron chi connectivity index (χ0n) is 20.2. The van der Waals surface area contributed by atoms with Crippen LogP contribution in [0.3, 0.4) is 0 Å². The van der Waals surface area contributed by atoms with Gasteiger partial charge in [0.15, 0.2) is 11.2 Å². The van der Waals surface area contributed by atoms with Crippen LogP contribution in [-0.2, 0) is 44.4 Å². The molecular weight excluding hydrogens is 448 g/mol. The lowest BCUT2D eigenvalue weighted by Crippen LogP contribution is -2.39. The van der Waals surface area contributed by atoms with Gasteiger partial charge in [-0.05, 0) is 33.1 Å². The number of aliphatic hydroxyl groups excluding tert-OH is 1. The molecule has 0 aliphatic carbocycles. The molecule has 12 nitrogen and oxygen atoms in total. The summed E-state index contributed by atoms with van der Waals surface area (Å²) in [7, 11) is 3.35. The summed E-state index contributed by atoms with van der Waals surface area (Å²) in [5.74, 6) is -0.749. The van der Waals surface area contributed by atoms with Gasteiger partial charge in [-0.15, -0.1) is 0 Å². The van der Waals surface area contributed by atoms with Gasteiger partial charge in [0.1, 0.15) is 12.7 Å². The van der Waals surface area contributed by atoms with E-state index < -0.39 is 0 Å². The summed E-state index contributed by atoms with van der Waals surface area (Å²) in [5, 5.41) is 9.21. The fraction of sp³-hybridized carbons (Fsp3) is 0.682. The number of hydrogen-bond acceptors (Lipinski definition) is 9. The van der Waals surface area contributed by atoms with E-state index >= 15 is 0 Å². The van der Waals surface area contributed by atoms with Crippen LogP contribution >= 0.6 is 0 Å². The van der Waals surface area contributed by atoms with Gasteiger partial charge in [0.2, 0.25) is 0 Å². The van der Waals surface area contributed by atoms with Crippen LogP contribution in [0.15, 0.2) is 15.9 Å². The fourth-order valence-corrected chi connectivity index (χ4v) is 3.16. The molecule has 2 atom stereocenters. The van der Waals surface area contributed by atoms with Crippen LogP contribution in [0.2, 0.25) is 0 Å². The molecule has 0 aromatic carbocycles. The molecular formula is C22H34N4O8. The van der Waals surface area contributed by atoms with Crippen molar-refractivity contribution in [3.05, 3.63) is 27.2 Å². The number of unbranched alkanes of at least 4 members (excludes halogenated alkanes) is 1. The van der Waals surface area contributed by atoms with Gasteiger partial charge in [-0.25, -0.2) is 9.78 Å². The topological polar surface area (TPSA) is 147 Å². The van der Waals surface area contributed by atoms with E-state index in [1.165, 1.54) is 15.5 Å². The monoisotopic (exact) mass is 482 g/mol. The second-order valence-corrected chi connectivity index (χ2v) is 8.11. The number of ether oxygens (including phenoxy) is 3. The van der Waals surface area contributed by atoms with Crippen molar-refractivity contribution in [2.75, 3.05) is 19.8 Å². The van der Waals surface area contributed by atoms with E-state index in [1.807, 2.05) is 0 Å². The molecule has 1 unspecified atom stereocenters. The number of aromatic nitrogens is 4. The summed E-state index contributed by atoms with van der Waals surface area (Å²) in [4.78, 5) is 50.4. The maximum atomic E-state index is 12.4. The first-order chi connectivity index (χ1) is 16.1. The van der Waals surface area contributed by atoms with Crippen LogP contribution in [0.4, 0.5) is 0 Å². The Kier molecular flexibility index (Phi) is 10.5. The predicted octanol–water partition coefficient (Wildman–Crippen LogP) is 0.257. The highest BCUT2D eigenvalue weighted by molar-refractivity contribution is 5.77. The Morgan fingerprint density at radius 3 is 2.44 bits per heavy atom. The van der Waals surface area contributed by atoms with Crippen LogP contribution in [0.5, 0.6) is 0 Å². The number of aryl methyl sites for hydroxylation is 2. The molecule has 0 radical (unpaired) electrons. The largest absolute Gasteiger partial charge is 0.466 e. The van der Waals surface area contributed by atoms with Gasteiger partial charge >= 0.3 is 17.6 Å². The maximum Gasteiger partial charge on any atom is 0.332 e. The van der Waals surface area contributed by atoms with Crippen molar-refractivity contribution in [3.8, 4) is 0 Å². The van der Waals surface area contributed by atoms with Gasteiger partial charge in [0.05, 0.1) is 38.5 Å². The van der Waals surface area contributed by atoms with Crippen LogP contribution in [0, 0.1) is 0 Å². The van der Waals surface area contributed by atoms with Crippen molar-refractivity contribution < 1.29 is 28.9 Å². The minimum Gasteiger partial charge on any atom is -0.466 e. The Bertz CT molecular complexity index is 1080. The molecule has 0 amide bonds. The molecule has 3 rings (SSSR count). The van der Waals surface area contributed by atoms with Crippen molar-refractivity contribution in [2.24, 2.45) is 14.1 Å². The summed E-state index contributed by atoms with van der Waals surface area (Å²) in [6.07, 6.45) is 3.53. The Morgan fingerprint density at radius 2 is 1.85 bits per heavy atom. The second-order valence-electron chi connectivity index (χ2n) is 8.11. The molecule has 0 spiro atoms. The van der Waals surface area contributed by atoms with E-state index in [-0.39, 0.29) is 48.2 Å². The lowest BCUT2D eigenvalue weighted by Gasteiger charge is -2.09. The third-order valence-electron chi connectivity index (χ3n) is 5.13. The van der Waals surface area contributed by atoms with Gasteiger partial charge in [-0.1, -0.05) is 0 Å². The number of aliphatic hydroxyl groups is 1. The molecule has 3 heterocycles. The van der Waals surface area contributed by atoms with Crippen LogP contribution in [0.1, 0.15) is 46.0 Å². The van der Waals surface area contributed by atoms with E-state index in [1.54, 1.807) is 32.5 Å². The number of epoxide rings is 1. The Balaban J connectivity index is 0.000000257. The van der Waals surface area contributed by atoms with E-state index in [0.717, 1.165) is 6.42 Å². The molecule has 0 bridgehead atoms. The first-order valence-electron chi connectivity index (χ1n) is 11.4. The van der Waals surface area contributed by atoms with Crippen molar-refractivity contribution in [3.63, 3.8) is 0 Å². The Morgan fingerprint density at radius 1 is 1.21 bits per heavy atom. The quantitative estimate of drug-likeness (QED) is 0.270. The first kappa shape index (κ1) is 27.3. The number of hydrogen-bond donors (Lipinski definition) is 1. The number of esters is 2. The highest BCUT2D eigenvalue weighted by Crippen LogP contribution is 2.09. The summed E-state index contributed by atoms with van der Waals surface area (Å²) >= 11 is 0. The van der Waals surface area contributed by atoms with Crippen molar-refractivity contribution in [1.82, 2.24) is 18.7 Å². The van der Waals surface area contributed by atoms with Crippen LogP contribution < -0.4 is 11.2 Å². The molecule has 1 aliphatic rings. The number of carbonyl (C=O) groups is 2. The highest BCUT2D eigenvalue weighted by atomic mass is 16.6. The predicted molar refractivity (Wildman–Crippen MR) is 122 cm³/mol. The molecule has 1 N–H and O–H groups in total. The summed E-state index contributed by atoms with van der Waals surface area (Å²) in [5.41, 5.74) is 0.184. The highest BCUT2D eigenvalue weighted by Gasteiger charge is 2.24. The molecule has 34 heavy (non-hydrogen) atoms. The van der Waals surface area contributed by atoms with Crippen LogP contribution in [-0.4, -0.2) is 67.8 Å². The second kappa shape index (κ2) is 13.0. The molecule has 0 saturated carbocycles. The van der Waals surface area contributed by atoms with Crippen molar-refractivity contribution >= 4 is 23.1 Å². The zero-order valence-corrected chi connectivity index (χ0v) is 20.2. The Labute approximate surface area is 197 Å². The molecule has 1 saturated heterocycles. The summed E-state index contributed by atoms with van der Waals surface area (Å²) < 4.78 is 18.6. The van der Waals surface area contributed by atoms with E-state index in [9.17, 15) is 24.3 Å². The minimum absolute atomic E-state index is 0.0709. The van der Waals surface area contributed by atoms with Crippen molar-refractivity contribution in [2.45, 2.75) is 64.7 Å². The number of rotatable bonds is 11. The number of imidazole rings is 1. The zero-order chi connectivity index (χ0) is 25.3. The number of nitrogens with zero attached hydrogens (tertiary/aromatic N) is 4. The SMILES string of the molecule is CCOC(=O)CCC(=O)OCC1CO1.C[C@@H](O)CCCCn1c(=O)c2c(ncn2C)n(C)c1=O. The normalized spacial score (nSPS) is 15.4. The Hall–Kier alpha value is -2.99. The molecule has 2 aromatic rings. The first-order valence-corrected chi connectivity index (χ1v) is 11.4. The number of carbonyl (C=O) groups excluding carboxylic acids is 2. The molecule has 1 aliphatic heterocycles. The molecule has 190 valence electrons. The lowest BCUT2D eigenvalue weighted by atomic mass is 10.2. The van der Waals surface area contributed by atoms with Gasteiger partial charge in [0.25, 0.3) is 5.56 Å². The minimum atomic E-state index is -0.381. The van der Waals surface area contributed by atoms with Gasteiger partial charge in [-0.2, -0.15) is 0 Å². The lowest BCUT2D eigenvalue weighted by molar-refractivity contribution is -0.150. The van der Waals surface area contributed by atoms with E-state index in [2.05, 4.69) is 9.72 Å². The smallest absolute Gasteiger partial charge is 0.332 e. The third kappa shape index (κ3) is 8.10. The fourth-order valence-electron chi connectivity index (χ4n) is 3.16. The third-order valence-corrected chi connectivity index (χ3v) is 5.13. The maximum absolute atomic E-state index is 12.4. The molecule has 1 fully saturated rings. The van der Waals surface area contributed by atoms with Crippen molar-refractivity contribution in [1.29, 1.82) is 0 Å². The van der Waals surface area contributed by atoms with Gasteiger partial charge in [0, 0.05) is 20.6 Å². The van der Waals surface area contributed by atoms with E-state index in [4.69, 9.17) is 9.47 Å². The van der Waals surface area contributed by atoms with Gasteiger partial charge in [-0.3, -0.25) is 23.5 Å². The average Bonchev–Trinajstić information content (AvgIpc) is 3.54. The molecule has 2 aromatic heterocycles. The number of fused-ring (bicyclic) bond motifs is 1. The standard InChI is InChI=1S/C13H20N4O3.C9H14O5/c1-9(18)6-4-5-7-17-12(19)10-11(14-8-15(10)2)16(3)13(17)20;1-2-12-8(10)3-4-9(11)14-6-7-5-13-7/h8-9,18H,4-7H2,1-3H3;7H,2-6H2,1H3/t9-;/m1./s1. The van der Waals surface area contributed by atoms with Gasteiger partial charge < -0.3 is 23.9 Å². The summed E-state index contributed by atoms with van der Waals surface area (Å²) in [6.45, 7) is 5.10. The van der Waals surface area contributed by atoms with E-state index in [0.29, 0.717) is 50.4 Å². The average molecular weight is 483 g/mol. The summed E-state index contributed by atoms with van der Waals surface area (Å²) in [6, 6.07) is 0. The molecule has 12 heteroatoms.